The highest BCUT2D eigenvalue weighted by molar-refractivity contribution is 5.92. The zero-order valence-corrected chi connectivity index (χ0v) is 17.6. The van der Waals surface area contributed by atoms with Gasteiger partial charge >= 0.3 is 12.1 Å². The lowest BCUT2D eigenvalue weighted by Gasteiger charge is -2.24. The average Bonchev–Trinajstić information content (AvgIpc) is 2.91. The zero-order valence-electron chi connectivity index (χ0n) is 17.6. The number of ether oxygens (including phenoxy) is 2. The van der Waals surface area contributed by atoms with Gasteiger partial charge in [-0.2, -0.15) is 0 Å². The first-order valence-corrected chi connectivity index (χ1v) is 9.24. The minimum absolute atomic E-state index is 0.205. The van der Waals surface area contributed by atoms with Crippen LogP contribution in [0.1, 0.15) is 50.5 Å². The minimum Gasteiger partial charge on any atom is -0.465 e. The highest BCUT2D eigenvalue weighted by Gasteiger charge is 2.50. The Morgan fingerprint density at radius 3 is 2.39 bits per heavy atom. The summed E-state index contributed by atoms with van der Waals surface area (Å²) in [7, 11) is 1.26. The quantitative estimate of drug-likeness (QED) is 0.758. The number of rotatable bonds is 3. The van der Waals surface area contributed by atoms with Gasteiger partial charge in [0, 0.05) is 5.69 Å². The summed E-state index contributed by atoms with van der Waals surface area (Å²) in [6.45, 7) is 9.82. The fourth-order valence-electron chi connectivity index (χ4n) is 2.64. The number of esters is 1. The molecule has 1 aliphatic heterocycles. The van der Waals surface area contributed by atoms with Gasteiger partial charge in [0.1, 0.15) is 11.6 Å². The molecule has 1 aromatic carbocycles. The van der Waals surface area contributed by atoms with Gasteiger partial charge in [-0.1, -0.05) is 19.9 Å². The lowest BCUT2D eigenvalue weighted by Crippen LogP contribution is -2.38. The van der Waals surface area contributed by atoms with E-state index in [0.29, 0.717) is 16.8 Å². The van der Waals surface area contributed by atoms with E-state index in [1.54, 1.807) is 39.8 Å². The van der Waals surface area contributed by atoms with Crippen LogP contribution in [0.2, 0.25) is 0 Å². The molecule has 1 fully saturated rings. The van der Waals surface area contributed by atoms with E-state index in [9.17, 15) is 18.4 Å². The van der Waals surface area contributed by atoms with Crippen LogP contribution in [0.3, 0.4) is 0 Å². The van der Waals surface area contributed by atoms with Crippen molar-refractivity contribution in [1.29, 1.82) is 0 Å². The largest absolute Gasteiger partial charge is 0.465 e. The summed E-state index contributed by atoms with van der Waals surface area (Å²) in [5.74, 6) is -3.67. The molecule has 2 rings (SSSR count). The third-order valence-corrected chi connectivity index (χ3v) is 3.95. The van der Waals surface area contributed by atoms with Crippen LogP contribution >= 0.6 is 0 Å². The number of benzene rings is 1. The van der Waals surface area contributed by atoms with Crippen LogP contribution in [0.4, 0.5) is 19.3 Å². The number of halogens is 2. The van der Waals surface area contributed by atoms with E-state index in [1.807, 2.05) is 13.8 Å². The standard InChI is InChI=1S/C18H24F2N2O4.C2H6/c1-11-6-7-12(8-13(11)15(23)25-5)21-14-9-22(10-18(14,19)20)16(24)26-17(2,3)4;1-2/h6-8,14,21H,9-10H2,1-5H3;1-2H3. The van der Waals surface area contributed by atoms with Gasteiger partial charge in [0.25, 0.3) is 5.92 Å². The minimum atomic E-state index is -3.13. The Morgan fingerprint density at radius 2 is 1.86 bits per heavy atom. The second-order valence-electron chi connectivity index (χ2n) is 7.34. The van der Waals surface area contributed by atoms with Gasteiger partial charge in [-0.05, 0) is 45.4 Å². The normalized spacial score (nSPS) is 18.0. The number of nitrogens with one attached hydrogen (secondary N) is 1. The summed E-state index contributed by atoms with van der Waals surface area (Å²) in [6, 6.07) is 3.43. The molecule has 1 N–H and O–H groups in total. The van der Waals surface area contributed by atoms with E-state index in [-0.39, 0.29) is 6.54 Å². The summed E-state index contributed by atoms with van der Waals surface area (Å²) in [5, 5.41) is 2.72. The van der Waals surface area contributed by atoms with Crippen LogP contribution in [0.15, 0.2) is 18.2 Å². The van der Waals surface area contributed by atoms with Gasteiger partial charge in [0.2, 0.25) is 0 Å². The number of alkyl halides is 2. The number of carbonyl (C=O) groups excluding carboxylic acids is 2. The van der Waals surface area contributed by atoms with Crippen LogP contribution in [0, 0.1) is 6.92 Å². The molecule has 1 atom stereocenters. The number of carbonyl (C=O) groups is 2. The number of nitrogens with zero attached hydrogens (tertiary/aromatic N) is 1. The Balaban J connectivity index is 0.00000190. The summed E-state index contributed by atoms with van der Waals surface area (Å²) in [5.41, 5.74) is 0.565. The van der Waals surface area contributed by atoms with Crippen LogP contribution in [0.25, 0.3) is 0 Å². The highest BCUT2D eigenvalue weighted by Crippen LogP contribution is 2.31. The molecular formula is C20H30F2N2O4. The summed E-state index contributed by atoms with van der Waals surface area (Å²) >= 11 is 0. The number of hydrogen-bond donors (Lipinski definition) is 1. The van der Waals surface area contributed by atoms with Crippen molar-refractivity contribution in [3.8, 4) is 0 Å². The molecule has 0 spiro atoms. The van der Waals surface area contributed by atoms with E-state index in [2.05, 4.69) is 5.32 Å². The molecule has 6 nitrogen and oxygen atoms in total. The molecule has 0 bridgehead atoms. The predicted octanol–water partition coefficient (Wildman–Crippen LogP) is 4.47. The maximum absolute atomic E-state index is 14.3. The molecule has 1 saturated heterocycles. The van der Waals surface area contributed by atoms with Gasteiger partial charge < -0.3 is 14.8 Å². The van der Waals surface area contributed by atoms with Gasteiger partial charge in [-0.3, -0.25) is 4.90 Å². The molecule has 0 aromatic heterocycles. The molecule has 0 saturated carbocycles. The highest BCUT2D eigenvalue weighted by atomic mass is 19.3. The van der Waals surface area contributed by atoms with Crippen LogP contribution in [-0.4, -0.2) is 54.7 Å². The second kappa shape index (κ2) is 9.21. The monoisotopic (exact) mass is 400 g/mol. The summed E-state index contributed by atoms with van der Waals surface area (Å²) < 4.78 is 38.5. The van der Waals surface area contributed by atoms with Crippen LogP contribution in [0.5, 0.6) is 0 Å². The topological polar surface area (TPSA) is 67.9 Å². The number of likely N-dealkylation sites (tertiary alicyclic amines) is 1. The van der Waals surface area contributed by atoms with Crippen molar-refractivity contribution in [3.63, 3.8) is 0 Å². The molecule has 1 unspecified atom stereocenters. The fraction of sp³-hybridized carbons (Fsp3) is 0.600. The van der Waals surface area contributed by atoms with E-state index in [1.165, 1.54) is 13.2 Å². The number of amides is 1. The molecule has 1 aromatic rings. The lowest BCUT2D eigenvalue weighted by molar-refractivity contribution is -0.00635. The van der Waals surface area contributed by atoms with Gasteiger partial charge in [-0.15, -0.1) is 0 Å². The number of hydrogen-bond acceptors (Lipinski definition) is 5. The second-order valence-corrected chi connectivity index (χ2v) is 7.34. The number of aryl methyl sites for hydroxylation is 1. The fourth-order valence-corrected chi connectivity index (χ4v) is 2.64. The number of methoxy groups -OCH3 is 1. The van der Waals surface area contributed by atoms with Crippen LogP contribution < -0.4 is 5.32 Å². The number of anilines is 1. The van der Waals surface area contributed by atoms with Crippen molar-refractivity contribution in [3.05, 3.63) is 29.3 Å². The summed E-state index contributed by atoms with van der Waals surface area (Å²) in [6.07, 6.45) is -0.777. The van der Waals surface area contributed by atoms with Crippen molar-refractivity contribution >= 4 is 17.7 Å². The van der Waals surface area contributed by atoms with Gasteiger partial charge in [0.05, 0.1) is 25.8 Å². The van der Waals surface area contributed by atoms with Gasteiger partial charge in [-0.25, -0.2) is 18.4 Å². The third-order valence-electron chi connectivity index (χ3n) is 3.95. The first-order chi connectivity index (χ1) is 12.9. The molecular weight excluding hydrogens is 370 g/mol. The predicted molar refractivity (Wildman–Crippen MR) is 104 cm³/mol. The smallest absolute Gasteiger partial charge is 0.410 e. The van der Waals surface area contributed by atoms with E-state index in [4.69, 9.17) is 9.47 Å². The Bertz CT molecular complexity index is 702. The third kappa shape index (κ3) is 6.07. The van der Waals surface area contributed by atoms with E-state index >= 15 is 0 Å². The van der Waals surface area contributed by atoms with Crippen molar-refractivity contribution in [1.82, 2.24) is 4.90 Å². The Labute approximate surface area is 165 Å². The molecule has 28 heavy (non-hydrogen) atoms. The molecule has 1 aliphatic rings. The first kappa shape index (κ1) is 23.7. The Morgan fingerprint density at radius 1 is 1.25 bits per heavy atom. The Hall–Kier alpha value is -2.38. The maximum atomic E-state index is 14.3. The average molecular weight is 400 g/mol. The van der Waals surface area contributed by atoms with Crippen LogP contribution in [-0.2, 0) is 9.47 Å². The molecule has 1 heterocycles. The molecule has 0 aliphatic carbocycles. The molecule has 158 valence electrons. The first-order valence-electron chi connectivity index (χ1n) is 9.24. The van der Waals surface area contributed by atoms with Crippen molar-refractivity contribution in [2.75, 3.05) is 25.5 Å². The van der Waals surface area contributed by atoms with E-state index in [0.717, 1.165) is 4.90 Å². The SMILES string of the molecule is CC.COC(=O)c1cc(NC2CN(C(=O)OC(C)(C)C)CC2(F)F)ccc1C. The van der Waals surface area contributed by atoms with Crippen molar-refractivity contribution in [2.45, 2.75) is 59.1 Å². The molecule has 0 radical (unpaired) electrons. The van der Waals surface area contributed by atoms with Gasteiger partial charge in [0.15, 0.2) is 0 Å². The van der Waals surface area contributed by atoms with E-state index < -0.39 is 36.2 Å². The lowest BCUT2D eigenvalue weighted by atomic mass is 10.1. The maximum Gasteiger partial charge on any atom is 0.410 e. The summed E-state index contributed by atoms with van der Waals surface area (Å²) in [4.78, 5) is 24.8. The Kier molecular flexibility index (Phi) is 7.78. The molecule has 8 heteroatoms. The van der Waals surface area contributed by atoms with Crippen molar-refractivity contribution in [2.24, 2.45) is 0 Å². The molecule has 1 amide bonds. The van der Waals surface area contributed by atoms with Crippen molar-refractivity contribution < 1.29 is 27.8 Å². The zero-order chi connectivity index (χ0) is 21.7.